The van der Waals surface area contributed by atoms with E-state index < -0.39 is 10.0 Å². The van der Waals surface area contributed by atoms with Gasteiger partial charge in [0.15, 0.2) is 0 Å². The zero-order valence-electron chi connectivity index (χ0n) is 13.7. The average molecular weight is 346 g/mol. The van der Waals surface area contributed by atoms with Gasteiger partial charge in [0.2, 0.25) is 15.9 Å². The first-order chi connectivity index (χ1) is 11.4. The number of benzene rings is 2. The maximum atomic E-state index is 11.8. The van der Waals surface area contributed by atoms with Gasteiger partial charge in [0, 0.05) is 12.2 Å². The Bertz CT molecular complexity index is 757. The number of amides is 1. The molecule has 0 saturated heterocycles. The Morgan fingerprint density at radius 1 is 0.958 bits per heavy atom. The van der Waals surface area contributed by atoms with Crippen LogP contribution in [0, 0.1) is 0 Å². The maximum Gasteiger partial charge on any atom is 0.229 e. The number of sulfonamides is 1. The first-order valence-corrected chi connectivity index (χ1v) is 9.69. The number of carbonyl (C=O) groups is 1. The van der Waals surface area contributed by atoms with E-state index >= 15 is 0 Å². The van der Waals surface area contributed by atoms with Crippen LogP contribution in [0.3, 0.4) is 0 Å². The molecule has 0 aliphatic heterocycles. The zero-order valence-corrected chi connectivity index (χ0v) is 14.5. The van der Waals surface area contributed by atoms with Crippen LogP contribution in [0.4, 0.5) is 5.69 Å². The summed E-state index contributed by atoms with van der Waals surface area (Å²) in [5.74, 6) is 0.0221. The summed E-state index contributed by atoms with van der Waals surface area (Å²) in [4.78, 5) is 11.8. The Morgan fingerprint density at radius 3 is 2.25 bits per heavy atom. The van der Waals surface area contributed by atoms with Gasteiger partial charge >= 0.3 is 0 Å². The Hall–Kier alpha value is -2.34. The highest BCUT2D eigenvalue weighted by atomic mass is 32.2. The smallest absolute Gasteiger partial charge is 0.229 e. The fourth-order valence-corrected chi connectivity index (χ4v) is 2.88. The van der Waals surface area contributed by atoms with Gasteiger partial charge in [0.05, 0.1) is 12.7 Å². The lowest BCUT2D eigenvalue weighted by molar-refractivity contribution is -0.120. The summed E-state index contributed by atoms with van der Waals surface area (Å²) in [7, 11) is -3.24. The molecule has 2 N–H and O–H groups in total. The van der Waals surface area contributed by atoms with Crippen LogP contribution in [0.25, 0.3) is 0 Å². The number of hydrogen-bond acceptors (Lipinski definition) is 3. The van der Waals surface area contributed by atoms with Crippen molar-refractivity contribution in [1.82, 2.24) is 5.32 Å². The van der Waals surface area contributed by atoms with Crippen molar-refractivity contribution >= 4 is 21.6 Å². The molecule has 0 bridgehead atoms. The molecular weight excluding hydrogens is 324 g/mol. The van der Waals surface area contributed by atoms with Gasteiger partial charge in [-0.15, -0.1) is 0 Å². The third-order valence-electron chi connectivity index (χ3n) is 3.43. The largest absolute Gasteiger partial charge is 0.356 e. The van der Waals surface area contributed by atoms with E-state index in [1.807, 2.05) is 42.5 Å². The van der Waals surface area contributed by atoms with Crippen molar-refractivity contribution in [3.05, 3.63) is 65.7 Å². The predicted octanol–water partition coefficient (Wildman–Crippen LogP) is 2.35. The molecule has 0 aliphatic carbocycles. The van der Waals surface area contributed by atoms with E-state index in [-0.39, 0.29) is 5.91 Å². The Labute approximate surface area is 143 Å². The van der Waals surface area contributed by atoms with Crippen molar-refractivity contribution < 1.29 is 13.2 Å². The molecule has 128 valence electrons. The van der Waals surface area contributed by atoms with E-state index in [0.29, 0.717) is 18.7 Å². The number of carbonyl (C=O) groups excluding carboxylic acids is 1. The SMILES string of the molecule is CS(=O)(=O)Nc1ccc(CCCNC(=O)Cc2ccccc2)cc1. The van der Waals surface area contributed by atoms with Crippen molar-refractivity contribution in [2.75, 3.05) is 17.5 Å². The highest BCUT2D eigenvalue weighted by molar-refractivity contribution is 7.92. The molecule has 24 heavy (non-hydrogen) atoms. The Kier molecular flexibility index (Phi) is 6.37. The summed E-state index contributed by atoms with van der Waals surface area (Å²) in [5.41, 5.74) is 2.66. The third kappa shape index (κ3) is 6.83. The van der Waals surface area contributed by atoms with Crippen LogP contribution in [0.15, 0.2) is 54.6 Å². The second-order valence-corrected chi connectivity index (χ2v) is 7.44. The summed E-state index contributed by atoms with van der Waals surface area (Å²) >= 11 is 0. The molecule has 2 aromatic carbocycles. The van der Waals surface area contributed by atoms with Crippen LogP contribution in [0.2, 0.25) is 0 Å². The first-order valence-electron chi connectivity index (χ1n) is 7.80. The molecule has 0 unspecified atom stereocenters. The quantitative estimate of drug-likeness (QED) is 0.721. The summed E-state index contributed by atoms with van der Waals surface area (Å²) in [5, 5.41) is 2.91. The molecule has 2 aromatic rings. The number of nitrogens with one attached hydrogen (secondary N) is 2. The maximum absolute atomic E-state index is 11.8. The van der Waals surface area contributed by atoms with Crippen molar-refractivity contribution in [3.8, 4) is 0 Å². The molecule has 1 amide bonds. The highest BCUT2D eigenvalue weighted by Crippen LogP contribution is 2.12. The zero-order chi connectivity index (χ0) is 17.4. The molecule has 0 heterocycles. The second-order valence-electron chi connectivity index (χ2n) is 5.69. The van der Waals surface area contributed by atoms with Crippen LogP contribution in [0.5, 0.6) is 0 Å². The topological polar surface area (TPSA) is 75.3 Å². The molecule has 0 radical (unpaired) electrons. The number of aryl methyl sites for hydroxylation is 1. The van der Waals surface area contributed by atoms with E-state index in [9.17, 15) is 13.2 Å². The summed E-state index contributed by atoms with van der Waals surface area (Å²) in [6, 6.07) is 16.9. The molecule has 0 aromatic heterocycles. The lowest BCUT2D eigenvalue weighted by atomic mass is 10.1. The van der Waals surface area contributed by atoms with Crippen molar-refractivity contribution in [1.29, 1.82) is 0 Å². The Balaban J connectivity index is 1.69. The summed E-state index contributed by atoms with van der Waals surface area (Å²) < 4.78 is 24.7. The molecule has 0 atom stereocenters. The van der Waals surface area contributed by atoms with Gasteiger partial charge in [0.1, 0.15) is 0 Å². The van der Waals surface area contributed by atoms with Crippen molar-refractivity contribution in [2.24, 2.45) is 0 Å². The molecule has 0 saturated carbocycles. The van der Waals surface area contributed by atoms with Gasteiger partial charge in [-0.05, 0) is 36.1 Å². The normalized spacial score (nSPS) is 11.0. The van der Waals surface area contributed by atoms with Crippen LogP contribution >= 0.6 is 0 Å². The number of rotatable bonds is 8. The molecule has 0 aliphatic rings. The van der Waals surface area contributed by atoms with Gasteiger partial charge in [-0.2, -0.15) is 0 Å². The molecule has 6 heteroatoms. The third-order valence-corrected chi connectivity index (χ3v) is 4.04. The van der Waals surface area contributed by atoms with Gasteiger partial charge in [-0.25, -0.2) is 8.42 Å². The molecule has 0 spiro atoms. The van der Waals surface area contributed by atoms with E-state index in [1.54, 1.807) is 12.1 Å². The standard InChI is InChI=1S/C18H22N2O3S/c1-24(22,23)20-17-11-9-15(10-12-17)8-5-13-19-18(21)14-16-6-3-2-4-7-16/h2-4,6-7,9-12,20H,5,8,13-14H2,1H3,(H,19,21). The minimum atomic E-state index is -3.24. The molecule has 2 rings (SSSR count). The lowest BCUT2D eigenvalue weighted by Gasteiger charge is -2.07. The first kappa shape index (κ1) is 18.0. The number of hydrogen-bond donors (Lipinski definition) is 2. The average Bonchev–Trinajstić information content (AvgIpc) is 2.53. The van der Waals surface area contributed by atoms with E-state index in [0.717, 1.165) is 30.2 Å². The fraction of sp³-hybridized carbons (Fsp3) is 0.278. The van der Waals surface area contributed by atoms with Crippen LogP contribution in [-0.4, -0.2) is 27.1 Å². The van der Waals surface area contributed by atoms with E-state index in [1.165, 1.54) is 0 Å². The van der Waals surface area contributed by atoms with E-state index in [2.05, 4.69) is 10.0 Å². The summed E-state index contributed by atoms with van der Waals surface area (Å²) in [6.45, 7) is 0.620. The van der Waals surface area contributed by atoms with Gasteiger partial charge in [-0.3, -0.25) is 9.52 Å². The van der Waals surface area contributed by atoms with E-state index in [4.69, 9.17) is 0 Å². The Morgan fingerprint density at radius 2 is 1.62 bits per heavy atom. The monoisotopic (exact) mass is 346 g/mol. The van der Waals surface area contributed by atoms with Gasteiger partial charge in [0.25, 0.3) is 0 Å². The minimum Gasteiger partial charge on any atom is -0.356 e. The fourth-order valence-electron chi connectivity index (χ4n) is 2.32. The van der Waals surface area contributed by atoms with Crippen LogP contribution in [-0.2, 0) is 27.7 Å². The van der Waals surface area contributed by atoms with Crippen molar-refractivity contribution in [2.45, 2.75) is 19.3 Å². The van der Waals surface area contributed by atoms with Crippen molar-refractivity contribution in [3.63, 3.8) is 0 Å². The molecular formula is C18H22N2O3S. The lowest BCUT2D eigenvalue weighted by Crippen LogP contribution is -2.26. The summed E-state index contributed by atoms with van der Waals surface area (Å²) in [6.07, 6.45) is 3.18. The van der Waals surface area contributed by atoms with Gasteiger partial charge < -0.3 is 5.32 Å². The molecule has 5 nitrogen and oxygen atoms in total. The second kappa shape index (κ2) is 8.49. The van der Waals surface area contributed by atoms with Gasteiger partial charge in [-0.1, -0.05) is 42.5 Å². The highest BCUT2D eigenvalue weighted by Gasteiger charge is 2.03. The predicted molar refractivity (Wildman–Crippen MR) is 96.4 cm³/mol. The minimum absolute atomic E-state index is 0.0221. The molecule has 0 fully saturated rings. The van der Waals surface area contributed by atoms with Crippen LogP contribution < -0.4 is 10.0 Å². The number of anilines is 1. The van der Waals surface area contributed by atoms with Crippen LogP contribution in [0.1, 0.15) is 17.5 Å².